The van der Waals surface area contributed by atoms with E-state index < -0.39 is 10.0 Å². The van der Waals surface area contributed by atoms with Crippen molar-refractivity contribution in [3.8, 4) is 5.75 Å². The van der Waals surface area contributed by atoms with Gasteiger partial charge in [-0.3, -0.25) is 4.84 Å². The zero-order valence-corrected chi connectivity index (χ0v) is 23.5. The van der Waals surface area contributed by atoms with E-state index in [4.69, 9.17) is 9.57 Å². The van der Waals surface area contributed by atoms with Gasteiger partial charge in [0.05, 0.1) is 24.7 Å². The summed E-state index contributed by atoms with van der Waals surface area (Å²) in [5.41, 5.74) is 1.92. The third kappa shape index (κ3) is 5.49. The minimum atomic E-state index is -3.65. The topological polar surface area (TPSA) is 59.1 Å². The number of aryl methyl sites for hydroxylation is 1. The Kier molecular flexibility index (Phi) is 7.87. The van der Waals surface area contributed by atoms with Gasteiger partial charge in [-0.15, -0.1) is 0 Å². The number of rotatable bonds is 8. The fourth-order valence-electron chi connectivity index (χ4n) is 6.12. The first-order valence-corrected chi connectivity index (χ1v) is 14.5. The van der Waals surface area contributed by atoms with Crippen molar-refractivity contribution in [3.63, 3.8) is 0 Å². The molecule has 0 spiro atoms. The fourth-order valence-corrected chi connectivity index (χ4v) is 7.80. The molecule has 2 aliphatic rings. The van der Waals surface area contributed by atoms with Gasteiger partial charge in [0.2, 0.25) is 10.0 Å². The first-order chi connectivity index (χ1) is 17.0. The zero-order chi connectivity index (χ0) is 26.1. The molecular weight excluding hydrogens is 472 g/mol. The highest BCUT2D eigenvalue weighted by atomic mass is 32.2. The second-order valence-electron chi connectivity index (χ2n) is 11.6. The van der Waals surface area contributed by atoms with Gasteiger partial charge in [0.1, 0.15) is 5.75 Å². The van der Waals surface area contributed by atoms with Gasteiger partial charge in [-0.1, -0.05) is 35.9 Å². The molecule has 4 rings (SSSR count). The Morgan fingerprint density at radius 2 is 1.61 bits per heavy atom. The van der Waals surface area contributed by atoms with Crippen molar-refractivity contribution in [1.82, 2.24) is 9.37 Å². The van der Waals surface area contributed by atoms with Crippen LogP contribution in [-0.2, 0) is 21.3 Å². The number of hydroxylamine groups is 2. The zero-order valence-electron chi connectivity index (χ0n) is 22.7. The highest BCUT2D eigenvalue weighted by Crippen LogP contribution is 2.40. The minimum absolute atomic E-state index is 0.112. The van der Waals surface area contributed by atoms with Gasteiger partial charge in [0.15, 0.2) is 0 Å². The van der Waals surface area contributed by atoms with Gasteiger partial charge in [-0.25, -0.2) is 8.42 Å². The Balaban J connectivity index is 1.64. The van der Waals surface area contributed by atoms with E-state index in [9.17, 15) is 8.42 Å². The molecule has 0 aliphatic carbocycles. The molecule has 198 valence electrons. The summed E-state index contributed by atoms with van der Waals surface area (Å²) in [7, 11) is -1.97. The number of benzene rings is 2. The van der Waals surface area contributed by atoms with Gasteiger partial charge in [-0.2, -0.15) is 9.37 Å². The average molecular weight is 515 g/mol. The third-order valence-corrected chi connectivity index (χ3v) is 9.93. The van der Waals surface area contributed by atoms with E-state index in [-0.39, 0.29) is 23.0 Å². The quantitative estimate of drug-likeness (QED) is 0.459. The number of nitrogens with zero attached hydrogens (tertiary/aromatic N) is 2. The first-order valence-electron chi connectivity index (χ1n) is 13.1. The maximum Gasteiger partial charge on any atom is 0.243 e. The van der Waals surface area contributed by atoms with E-state index in [1.165, 1.54) is 0 Å². The maximum atomic E-state index is 13.8. The van der Waals surface area contributed by atoms with Crippen LogP contribution in [0.2, 0.25) is 0 Å². The standard InChI is InChI=1S/C29H42N2O4S/c1-22-12-14-25(15-13-22)36(32,33)30-19-16-23(20-24-10-7-8-11-27(24)34-6)26(30)21-35-31-28(2,3)17-9-18-29(31,4)5/h7-8,10-15,23,26H,9,16-21H2,1-6H3/t23-,26-/m0/s1. The first kappa shape index (κ1) is 27.1. The molecule has 0 unspecified atom stereocenters. The normalized spacial score (nSPS) is 24.6. The molecule has 2 fully saturated rings. The second-order valence-corrected chi connectivity index (χ2v) is 13.5. The monoisotopic (exact) mass is 514 g/mol. The number of methoxy groups -OCH3 is 1. The molecule has 2 saturated heterocycles. The molecule has 2 atom stereocenters. The third-order valence-electron chi connectivity index (χ3n) is 7.99. The largest absolute Gasteiger partial charge is 0.496 e. The smallest absolute Gasteiger partial charge is 0.243 e. The lowest BCUT2D eigenvalue weighted by Crippen LogP contribution is -2.59. The number of hydrogen-bond acceptors (Lipinski definition) is 5. The molecule has 2 heterocycles. The van der Waals surface area contributed by atoms with Crippen LogP contribution >= 0.6 is 0 Å². The van der Waals surface area contributed by atoms with Crippen LogP contribution in [0, 0.1) is 12.8 Å². The van der Waals surface area contributed by atoms with Crippen molar-refractivity contribution in [3.05, 3.63) is 59.7 Å². The second kappa shape index (κ2) is 10.4. The van der Waals surface area contributed by atoms with Crippen molar-refractivity contribution in [2.24, 2.45) is 5.92 Å². The summed E-state index contributed by atoms with van der Waals surface area (Å²) in [6.45, 7) is 11.7. The van der Waals surface area contributed by atoms with E-state index in [2.05, 4.69) is 38.8 Å². The molecule has 36 heavy (non-hydrogen) atoms. The van der Waals surface area contributed by atoms with Gasteiger partial charge in [0, 0.05) is 17.6 Å². The van der Waals surface area contributed by atoms with Crippen LogP contribution in [0.4, 0.5) is 0 Å². The van der Waals surface area contributed by atoms with Crippen LogP contribution in [0.5, 0.6) is 5.75 Å². The maximum absolute atomic E-state index is 13.8. The van der Waals surface area contributed by atoms with E-state index in [1.54, 1.807) is 23.5 Å². The van der Waals surface area contributed by atoms with Crippen LogP contribution in [0.1, 0.15) is 64.5 Å². The van der Waals surface area contributed by atoms with Crippen LogP contribution < -0.4 is 4.74 Å². The molecule has 0 amide bonds. The lowest BCUT2D eigenvalue weighted by atomic mass is 9.82. The molecule has 2 aromatic rings. The summed E-state index contributed by atoms with van der Waals surface area (Å²) in [6, 6.07) is 14.9. The average Bonchev–Trinajstić information content (AvgIpc) is 3.21. The van der Waals surface area contributed by atoms with E-state index in [0.717, 1.165) is 49.0 Å². The summed E-state index contributed by atoms with van der Waals surface area (Å²) in [4.78, 5) is 6.94. The summed E-state index contributed by atoms with van der Waals surface area (Å²) in [5.74, 6) is 0.966. The molecule has 0 saturated carbocycles. The van der Waals surface area contributed by atoms with E-state index in [0.29, 0.717) is 18.0 Å². The Hall–Kier alpha value is -1.93. The lowest BCUT2D eigenvalue weighted by molar-refractivity contribution is -0.285. The predicted molar refractivity (Wildman–Crippen MR) is 143 cm³/mol. The molecular formula is C29H42N2O4S. The molecule has 0 radical (unpaired) electrons. The van der Waals surface area contributed by atoms with Gasteiger partial charge in [0.25, 0.3) is 0 Å². The highest BCUT2D eigenvalue weighted by Gasteiger charge is 2.46. The van der Waals surface area contributed by atoms with Crippen LogP contribution in [0.3, 0.4) is 0 Å². The molecule has 0 bridgehead atoms. The molecule has 6 nitrogen and oxygen atoms in total. The lowest BCUT2D eigenvalue weighted by Gasteiger charge is -2.51. The number of piperidine rings is 1. The van der Waals surface area contributed by atoms with Crippen LogP contribution in [0.15, 0.2) is 53.4 Å². The van der Waals surface area contributed by atoms with Crippen molar-refractivity contribution in [2.75, 3.05) is 20.3 Å². The van der Waals surface area contributed by atoms with Gasteiger partial charge < -0.3 is 4.74 Å². The molecule has 2 aromatic carbocycles. The Morgan fingerprint density at radius 3 is 2.25 bits per heavy atom. The highest BCUT2D eigenvalue weighted by molar-refractivity contribution is 7.89. The Labute approximate surface area is 217 Å². The molecule has 0 aromatic heterocycles. The van der Waals surface area contributed by atoms with Crippen molar-refractivity contribution in [1.29, 1.82) is 0 Å². The Morgan fingerprint density at radius 1 is 0.972 bits per heavy atom. The fraction of sp³-hybridized carbons (Fsp3) is 0.586. The number of hydrogen-bond donors (Lipinski definition) is 0. The summed E-state index contributed by atoms with van der Waals surface area (Å²) in [5, 5.41) is 2.14. The number of para-hydroxylation sites is 1. The predicted octanol–water partition coefficient (Wildman–Crippen LogP) is 5.60. The number of sulfonamides is 1. The Bertz CT molecular complexity index is 1130. The SMILES string of the molecule is COc1ccccc1C[C@@H]1CCN(S(=O)(=O)c2ccc(C)cc2)[C@H]1CON1C(C)(C)CCCC1(C)C. The summed E-state index contributed by atoms with van der Waals surface area (Å²) < 4.78 is 34.9. The van der Waals surface area contributed by atoms with Crippen molar-refractivity contribution < 1.29 is 18.0 Å². The van der Waals surface area contributed by atoms with Crippen LogP contribution in [0.25, 0.3) is 0 Å². The van der Waals surface area contributed by atoms with Gasteiger partial charge >= 0.3 is 0 Å². The molecule has 7 heteroatoms. The molecule has 0 N–H and O–H groups in total. The summed E-state index contributed by atoms with van der Waals surface area (Å²) in [6.07, 6.45) is 4.79. The summed E-state index contributed by atoms with van der Waals surface area (Å²) >= 11 is 0. The van der Waals surface area contributed by atoms with Crippen LogP contribution in [-0.4, -0.2) is 55.2 Å². The van der Waals surface area contributed by atoms with E-state index in [1.807, 2.05) is 37.3 Å². The minimum Gasteiger partial charge on any atom is -0.496 e. The van der Waals surface area contributed by atoms with E-state index >= 15 is 0 Å². The van der Waals surface area contributed by atoms with Gasteiger partial charge in [-0.05, 0) is 96.4 Å². The number of ether oxygens (including phenoxy) is 1. The molecule has 2 aliphatic heterocycles. The van der Waals surface area contributed by atoms with Crippen molar-refractivity contribution in [2.45, 2.75) is 88.7 Å². The van der Waals surface area contributed by atoms with Crippen molar-refractivity contribution >= 4 is 10.0 Å².